The van der Waals surface area contributed by atoms with Crippen LogP contribution in [0.1, 0.15) is 25.0 Å². The second kappa shape index (κ2) is 10.3. The highest BCUT2D eigenvalue weighted by molar-refractivity contribution is 6.30. The van der Waals surface area contributed by atoms with E-state index in [1.54, 1.807) is 0 Å². The lowest BCUT2D eigenvalue weighted by Crippen LogP contribution is -2.50. The number of hydrogen-bond donors (Lipinski definition) is 3. The summed E-state index contributed by atoms with van der Waals surface area (Å²) in [5.41, 5.74) is 2.33. The molecular weight excluding hydrogens is 400 g/mol. The topological polar surface area (TPSA) is 67.8 Å². The molecule has 0 radical (unpaired) electrons. The summed E-state index contributed by atoms with van der Waals surface area (Å²) >= 11 is 5.87. The molecule has 0 unspecified atom stereocenters. The minimum atomic E-state index is -0.647. The summed E-state index contributed by atoms with van der Waals surface area (Å²) in [6.45, 7) is 9.67. The number of nitrogens with zero attached hydrogens (tertiary/aromatic N) is 2. The Bertz CT molecular complexity index is 811. The number of amides is 2. The van der Waals surface area contributed by atoms with Gasteiger partial charge in [0.25, 0.3) is 0 Å². The van der Waals surface area contributed by atoms with Crippen molar-refractivity contribution in [1.82, 2.24) is 15.1 Å². The fourth-order valence-corrected chi connectivity index (χ4v) is 3.69. The first-order chi connectivity index (χ1) is 14.3. The molecule has 2 amide bonds. The van der Waals surface area contributed by atoms with Gasteiger partial charge in [0.15, 0.2) is 0 Å². The number of nitrogens with one attached hydrogen (secondary N) is 2. The molecule has 0 aliphatic carbocycles. The lowest BCUT2D eigenvalue weighted by Gasteiger charge is -2.37. The number of piperazine rings is 1. The summed E-state index contributed by atoms with van der Waals surface area (Å²) in [4.78, 5) is 16.8. The normalized spacial score (nSPS) is 15.7. The molecule has 30 heavy (non-hydrogen) atoms. The van der Waals surface area contributed by atoms with Crippen molar-refractivity contribution >= 4 is 23.3 Å². The van der Waals surface area contributed by atoms with Crippen LogP contribution in [0, 0.1) is 0 Å². The molecule has 0 aromatic heterocycles. The third kappa shape index (κ3) is 7.61. The van der Waals surface area contributed by atoms with Gasteiger partial charge in [0.05, 0.1) is 5.60 Å². The van der Waals surface area contributed by atoms with Crippen LogP contribution in [0.5, 0.6) is 0 Å². The highest BCUT2D eigenvalue weighted by atomic mass is 35.5. The molecule has 0 atom stereocenters. The molecule has 3 N–H and O–H groups in total. The molecule has 2 aromatic carbocycles. The van der Waals surface area contributed by atoms with Crippen molar-refractivity contribution in [3.8, 4) is 0 Å². The Morgan fingerprint density at radius 3 is 2.13 bits per heavy atom. The number of benzene rings is 2. The van der Waals surface area contributed by atoms with Gasteiger partial charge in [0.1, 0.15) is 0 Å². The second-order valence-electron chi connectivity index (χ2n) is 8.50. The number of carbonyl (C=O) groups excluding carboxylic acids is 1. The fourth-order valence-electron chi connectivity index (χ4n) is 3.56. The minimum absolute atomic E-state index is 0.236. The van der Waals surface area contributed by atoms with Gasteiger partial charge >= 0.3 is 6.03 Å². The first-order valence-corrected chi connectivity index (χ1v) is 10.7. The van der Waals surface area contributed by atoms with Crippen LogP contribution in [0.25, 0.3) is 0 Å². The molecule has 7 heteroatoms. The van der Waals surface area contributed by atoms with Crippen LogP contribution in [-0.2, 0) is 13.1 Å². The maximum Gasteiger partial charge on any atom is 0.319 e. The van der Waals surface area contributed by atoms with E-state index < -0.39 is 5.60 Å². The summed E-state index contributed by atoms with van der Waals surface area (Å²) in [7, 11) is 0. The van der Waals surface area contributed by atoms with E-state index in [9.17, 15) is 9.90 Å². The van der Waals surface area contributed by atoms with Gasteiger partial charge in [-0.25, -0.2) is 4.79 Å². The smallest absolute Gasteiger partial charge is 0.319 e. The van der Waals surface area contributed by atoms with Crippen molar-refractivity contribution in [3.63, 3.8) is 0 Å². The van der Waals surface area contributed by atoms with Gasteiger partial charge in [-0.3, -0.25) is 9.80 Å². The van der Waals surface area contributed by atoms with Gasteiger partial charge < -0.3 is 15.7 Å². The molecule has 0 bridgehead atoms. The van der Waals surface area contributed by atoms with Crippen molar-refractivity contribution in [2.24, 2.45) is 0 Å². The predicted octanol–water partition coefficient (Wildman–Crippen LogP) is 3.55. The number of anilines is 1. The van der Waals surface area contributed by atoms with Gasteiger partial charge in [-0.2, -0.15) is 0 Å². The Balaban J connectivity index is 1.40. The molecule has 2 aromatic rings. The number of carbonyl (C=O) groups is 1. The van der Waals surface area contributed by atoms with E-state index >= 15 is 0 Å². The largest absolute Gasteiger partial charge is 0.389 e. The lowest BCUT2D eigenvalue weighted by atomic mass is 10.1. The first kappa shape index (κ1) is 22.6. The molecule has 1 aliphatic heterocycles. The molecule has 0 saturated carbocycles. The maximum atomic E-state index is 12.1. The number of hydrogen-bond acceptors (Lipinski definition) is 4. The monoisotopic (exact) mass is 430 g/mol. The molecule has 3 rings (SSSR count). The number of aliphatic hydroxyl groups is 1. The molecule has 162 valence electrons. The van der Waals surface area contributed by atoms with Gasteiger partial charge in [-0.15, -0.1) is 0 Å². The number of urea groups is 1. The van der Waals surface area contributed by atoms with Crippen LogP contribution in [0.15, 0.2) is 48.5 Å². The van der Waals surface area contributed by atoms with Gasteiger partial charge in [-0.1, -0.05) is 35.9 Å². The molecule has 6 nitrogen and oxygen atoms in total. The van der Waals surface area contributed by atoms with E-state index in [4.69, 9.17) is 11.6 Å². The SMILES string of the molecule is CC(C)(O)CN1CCN(Cc2ccc(NC(=O)NCc3ccc(Cl)cc3)cc2)CC1. The van der Waals surface area contributed by atoms with Crippen molar-refractivity contribution in [3.05, 3.63) is 64.7 Å². The van der Waals surface area contributed by atoms with E-state index in [-0.39, 0.29) is 6.03 Å². The number of rotatable bonds is 7. The van der Waals surface area contributed by atoms with E-state index in [2.05, 4.69) is 32.6 Å². The third-order valence-electron chi connectivity index (χ3n) is 5.06. The summed E-state index contributed by atoms with van der Waals surface area (Å²) < 4.78 is 0. The van der Waals surface area contributed by atoms with Crippen LogP contribution in [0.3, 0.4) is 0 Å². The van der Waals surface area contributed by atoms with Crippen LogP contribution in [-0.4, -0.2) is 59.3 Å². The van der Waals surface area contributed by atoms with Crippen molar-refractivity contribution in [1.29, 1.82) is 0 Å². The zero-order valence-corrected chi connectivity index (χ0v) is 18.5. The van der Waals surface area contributed by atoms with Crippen LogP contribution < -0.4 is 10.6 Å². The number of β-amino-alcohol motifs (C(OH)–C–C–N with tert-alkyl or cyclic N) is 1. The van der Waals surface area contributed by atoms with Gasteiger partial charge in [-0.05, 0) is 49.2 Å². The highest BCUT2D eigenvalue weighted by Gasteiger charge is 2.22. The molecule has 1 saturated heterocycles. The Labute approximate surface area is 183 Å². The maximum absolute atomic E-state index is 12.1. The lowest BCUT2D eigenvalue weighted by molar-refractivity contribution is 0.0167. The average Bonchev–Trinajstić information content (AvgIpc) is 2.69. The zero-order valence-electron chi connectivity index (χ0n) is 17.7. The molecule has 1 heterocycles. The van der Waals surface area contributed by atoms with E-state index in [0.717, 1.165) is 44.0 Å². The second-order valence-corrected chi connectivity index (χ2v) is 8.93. The van der Waals surface area contributed by atoms with E-state index in [1.807, 2.05) is 50.2 Å². The summed E-state index contributed by atoms with van der Waals surface area (Å²) in [6.07, 6.45) is 0. The Morgan fingerprint density at radius 1 is 0.967 bits per heavy atom. The van der Waals surface area contributed by atoms with E-state index in [0.29, 0.717) is 18.1 Å². The Morgan fingerprint density at radius 2 is 1.53 bits per heavy atom. The Hall–Kier alpha value is -2.12. The quantitative estimate of drug-likeness (QED) is 0.628. The van der Waals surface area contributed by atoms with Crippen molar-refractivity contribution in [2.45, 2.75) is 32.5 Å². The summed E-state index contributed by atoms with van der Waals surface area (Å²) in [5, 5.41) is 16.4. The van der Waals surface area contributed by atoms with Crippen molar-refractivity contribution < 1.29 is 9.90 Å². The van der Waals surface area contributed by atoms with Crippen LogP contribution in [0.2, 0.25) is 5.02 Å². The van der Waals surface area contributed by atoms with Crippen LogP contribution in [0.4, 0.5) is 10.5 Å². The predicted molar refractivity (Wildman–Crippen MR) is 122 cm³/mol. The molecule has 0 spiro atoms. The highest BCUT2D eigenvalue weighted by Crippen LogP contribution is 2.14. The molecular formula is C23H31ClN4O2. The number of halogens is 1. The van der Waals surface area contributed by atoms with Gasteiger partial charge in [0, 0.05) is 56.5 Å². The molecule has 1 aliphatic rings. The van der Waals surface area contributed by atoms with E-state index in [1.165, 1.54) is 5.56 Å². The zero-order chi connectivity index (χ0) is 21.6. The van der Waals surface area contributed by atoms with Crippen LogP contribution >= 0.6 is 11.6 Å². The standard InChI is InChI=1S/C23H31ClN4O2/c1-23(2,30)17-28-13-11-27(12-14-28)16-19-5-9-21(10-6-19)26-22(29)25-15-18-3-7-20(24)8-4-18/h3-10,30H,11-17H2,1-2H3,(H2,25,26,29). The average molecular weight is 431 g/mol. The fraction of sp³-hybridized carbons (Fsp3) is 0.435. The molecule has 1 fully saturated rings. The van der Waals surface area contributed by atoms with Crippen molar-refractivity contribution in [2.75, 3.05) is 38.0 Å². The minimum Gasteiger partial charge on any atom is -0.389 e. The first-order valence-electron chi connectivity index (χ1n) is 10.3. The summed E-state index contributed by atoms with van der Waals surface area (Å²) in [6, 6.07) is 15.1. The van der Waals surface area contributed by atoms with Gasteiger partial charge in [0.2, 0.25) is 0 Å². The Kier molecular flexibility index (Phi) is 7.72. The summed E-state index contributed by atoms with van der Waals surface area (Å²) in [5.74, 6) is 0. The third-order valence-corrected chi connectivity index (χ3v) is 5.31.